The maximum absolute atomic E-state index is 11.0. The summed E-state index contributed by atoms with van der Waals surface area (Å²) < 4.78 is 0. The molecule has 0 bridgehead atoms. The van der Waals surface area contributed by atoms with E-state index in [0.29, 0.717) is 12.1 Å². The highest BCUT2D eigenvalue weighted by molar-refractivity contribution is 7.10. The highest BCUT2D eigenvalue weighted by Crippen LogP contribution is 2.30. The number of thiophene rings is 1. The zero-order chi connectivity index (χ0) is 13.7. The topological polar surface area (TPSA) is 75.4 Å². The lowest BCUT2D eigenvalue weighted by molar-refractivity contribution is -0.384. The van der Waals surface area contributed by atoms with Gasteiger partial charge >= 0.3 is 0 Å². The molecule has 2 aromatic rings. The molecule has 6 heteroatoms. The molecule has 0 amide bonds. The summed E-state index contributed by atoms with van der Waals surface area (Å²) >= 11 is 1.56. The average Bonchev–Trinajstić information content (AvgIpc) is 2.92. The number of nitro groups is 1. The normalized spacial score (nSPS) is 12.1. The van der Waals surface area contributed by atoms with Crippen molar-refractivity contribution in [2.45, 2.75) is 12.5 Å². The van der Waals surface area contributed by atoms with Crippen molar-refractivity contribution < 1.29 is 10.0 Å². The van der Waals surface area contributed by atoms with Gasteiger partial charge in [0.1, 0.15) is 5.69 Å². The summed E-state index contributed by atoms with van der Waals surface area (Å²) in [4.78, 5) is 11.6. The number of rotatable bonds is 6. The minimum atomic E-state index is -0.410. The molecule has 0 fully saturated rings. The molecule has 0 aliphatic heterocycles. The molecule has 1 aromatic heterocycles. The van der Waals surface area contributed by atoms with E-state index in [4.69, 9.17) is 5.11 Å². The van der Waals surface area contributed by atoms with Gasteiger partial charge in [0.25, 0.3) is 5.69 Å². The molecular weight excluding hydrogens is 264 g/mol. The van der Waals surface area contributed by atoms with Crippen molar-refractivity contribution in [1.29, 1.82) is 0 Å². The van der Waals surface area contributed by atoms with Crippen molar-refractivity contribution in [1.82, 2.24) is 0 Å². The zero-order valence-corrected chi connectivity index (χ0v) is 11.0. The standard InChI is InChI=1S/C13H14N2O3S/c16-8-7-11(13-6-3-9-19-13)14-10-4-1-2-5-12(10)15(17)18/h1-6,9,11,14,16H,7-8H2/t11-/m1/s1. The van der Waals surface area contributed by atoms with Gasteiger partial charge < -0.3 is 10.4 Å². The fourth-order valence-corrected chi connectivity index (χ4v) is 2.66. The quantitative estimate of drug-likeness (QED) is 0.628. The molecule has 5 nitrogen and oxygen atoms in total. The van der Waals surface area contributed by atoms with Crippen LogP contribution in [0.25, 0.3) is 0 Å². The van der Waals surface area contributed by atoms with E-state index in [1.165, 1.54) is 6.07 Å². The SMILES string of the molecule is O=[N+]([O-])c1ccccc1N[C@H](CCO)c1cccs1. The molecule has 1 heterocycles. The monoisotopic (exact) mass is 278 g/mol. The van der Waals surface area contributed by atoms with Crippen molar-refractivity contribution in [3.8, 4) is 0 Å². The number of hydrogen-bond acceptors (Lipinski definition) is 5. The summed E-state index contributed by atoms with van der Waals surface area (Å²) in [6.07, 6.45) is 0.507. The second-order valence-electron chi connectivity index (χ2n) is 4.00. The van der Waals surface area contributed by atoms with Crippen molar-refractivity contribution in [3.05, 3.63) is 56.8 Å². The van der Waals surface area contributed by atoms with Crippen LogP contribution in [-0.4, -0.2) is 16.6 Å². The van der Waals surface area contributed by atoms with Gasteiger partial charge in [-0.05, 0) is 23.9 Å². The number of hydrogen-bond donors (Lipinski definition) is 2. The van der Waals surface area contributed by atoms with E-state index in [1.807, 2.05) is 17.5 Å². The maximum Gasteiger partial charge on any atom is 0.292 e. The summed E-state index contributed by atoms with van der Waals surface area (Å²) in [5, 5.41) is 25.2. The second kappa shape index (κ2) is 6.31. The molecule has 19 heavy (non-hydrogen) atoms. The van der Waals surface area contributed by atoms with Crippen LogP contribution in [0.2, 0.25) is 0 Å². The van der Waals surface area contributed by atoms with Gasteiger partial charge in [-0.2, -0.15) is 0 Å². The molecule has 1 atom stereocenters. The molecule has 0 unspecified atom stereocenters. The minimum absolute atomic E-state index is 0.0240. The number of nitrogens with zero attached hydrogens (tertiary/aromatic N) is 1. The van der Waals surface area contributed by atoms with E-state index in [1.54, 1.807) is 29.5 Å². The lowest BCUT2D eigenvalue weighted by Crippen LogP contribution is -2.12. The van der Waals surface area contributed by atoms with E-state index in [2.05, 4.69) is 5.32 Å². The number of anilines is 1. The maximum atomic E-state index is 11.0. The number of aliphatic hydroxyl groups is 1. The molecule has 100 valence electrons. The number of nitrogens with one attached hydrogen (secondary N) is 1. The van der Waals surface area contributed by atoms with Gasteiger partial charge in [0, 0.05) is 17.6 Å². The Labute approximate surface area is 114 Å². The first-order chi connectivity index (χ1) is 9.22. The van der Waals surface area contributed by atoms with Crippen LogP contribution < -0.4 is 5.32 Å². The third kappa shape index (κ3) is 3.30. The number of para-hydroxylation sites is 2. The van der Waals surface area contributed by atoms with Crippen LogP contribution in [0.4, 0.5) is 11.4 Å². The van der Waals surface area contributed by atoms with Crippen molar-refractivity contribution in [3.63, 3.8) is 0 Å². The van der Waals surface area contributed by atoms with Crippen molar-refractivity contribution in [2.75, 3.05) is 11.9 Å². The Balaban J connectivity index is 2.25. The minimum Gasteiger partial charge on any atom is -0.396 e. The third-order valence-electron chi connectivity index (χ3n) is 2.73. The molecule has 2 rings (SSSR count). The Morgan fingerprint density at radius 1 is 1.32 bits per heavy atom. The predicted molar refractivity (Wildman–Crippen MR) is 75.5 cm³/mol. The Kier molecular flexibility index (Phi) is 4.48. The van der Waals surface area contributed by atoms with Gasteiger partial charge in [0.05, 0.1) is 11.0 Å². The van der Waals surface area contributed by atoms with E-state index >= 15 is 0 Å². The molecule has 0 aliphatic rings. The van der Waals surface area contributed by atoms with Crippen LogP contribution in [0, 0.1) is 10.1 Å². The average molecular weight is 278 g/mol. The van der Waals surface area contributed by atoms with Crippen LogP contribution in [0.15, 0.2) is 41.8 Å². The van der Waals surface area contributed by atoms with Crippen LogP contribution in [0.1, 0.15) is 17.3 Å². The van der Waals surface area contributed by atoms with Crippen LogP contribution >= 0.6 is 11.3 Å². The van der Waals surface area contributed by atoms with E-state index in [0.717, 1.165) is 4.88 Å². The Hall–Kier alpha value is -1.92. The first-order valence-corrected chi connectivity index (χ1v) is 6.74. The number of aliphatic hydroxyl groups excluding tert-OH is 1. The lowest BCUT2D eigenvalue weighted by Gasteiger charge is -2.17. The fraction of sp³-hybridized carbons (Fsp3) is 0.231. The molecule has 0 saturated carbocycles. The van der Waals surface area contributed by atoms with Gasteiger partial charge in [-0.1, -0.05) is 18.2 Å². The highest BCUT2D eigenvalue weighted by Gasteiger charge is 2.18. The Bertz CT molecular complexity index is 543. The van der Waals surface area contributed by atoms with E-state index in [9.17, 15) is 10.1 Å². The second-order valence-corrected chi connectivity index (χ2v) is 4.98. The molecule has 1 aromatic carbocycles. The first kappa shape index (κ1) is 13.5. The fourth-order valence-electron chi connectivity index (χ4n) is 1.85. The predicted octanol–water partition coefficient (Wildman–Crippen LogP) is 3.19. The molecule has 2 N–H and O–H groups in total. The summed E-state index contributed by atoms with van der Waals surface area (Å²) in [5.41, 5.74) is 0.515. The number of benzene rings is 1. The number of nitro benzene ring substituents is 1. The lowest BCUT2D eigenvalue weighted by atomic mass is 10.1. The van der Waals surface area contributed by atoms with Gasteiger partial charge in [-0.3, -0.25) is 10.1 Å². The van der Waals surface area contributed by atoms with Crippen LogP contribution in [-0.2, 0) is 0 Å². The van der Waals surface area contributed by atoms with Gasteiger partial charge in [0.15, 0.2) is 0 Å². The summed E-state index contributed by atoms with van der Waals surface area (Å²) in [6.45, 7) is 0.0240. The highest BCUT2D eigenvalue weighted by atomic mass is 32.1. The van der Waals surface area contributed by atoms with Gasteiger partial charge in [0.2, 0.25) is 0 Å². The molecule has 0 saturated heterocycles. The van der Waals surface area contributed by atoms with Crippen molar-refractivity contribution in [2.24, 2.45) is 0 Å². The first-order valence-electron chi connectivity index (χ1n) is 5.86. The molecular formula is C13H14N2O3S. The summed E-state index contributed by atoms with van der Waals surface area (Å²) in [6, 6.07) is 10.3. The smallest absolute Gasteiger partial charge is 0.292 e. The third-order valence-corrected chi connectivity index (χ3v) is 3.72. The van der Waals surface area contributed by atoms with Crippen LogP contribution in [0.3, 0.4) is 0 Å². The van der Waals surface area contributed by atoms with E-state index < -0.39 is 4.92 Å². The summed E-state index contributed by atoms with van der Waals surface area (Å²) in [5.74, 6) is 0. The largest absolute Gasteiger partial charge is 0.396 e. The van der Waals surface area contributed by atoms with Gasteiger partial charge in [-0.15, -0.1) is 11.3 Å². The van der Waals surface area contributed by atoms with E-state index in [-0.39, 0.29) is 18.3 Å². The molecule has 0 radical (unpaired) electrons. The Morgan fingerprint density at radius 2 is 2.11 bits per heavy atom. The zero-order valence-electron chi connectivity index (χ0n) is 10.2. The van der Waals surface area contributed by atoms with Gasteiger partial charge in [-0.25, -0.2) is 0 Å². The summed E-state index contributed by atoms with van der Waals surface area (Å²) in [7, 11) is 0. The molecule has 0 spiro atoms. The van der Waals surface area contributed by atoms with Crippen LogP contribution in [0.5, 0.6) is 0 Å². The Morgan fingerprint density at radius 3 is 2.74 bits per heavy atom. The van der Waals surface area contributed by atoms with Crippen molar-refractivity contribution >= 4 is 22.7 Å². The molecule has 0 aliphatic carbocycles.